The molecule has 1 atom stereocenters. The average Bonchev–Trinajstić information content (AvgIpc) is 2.99. The molecule has 0 saturated carbocycles. The molecule has 2 aromatic heterocycles. The first-order chi connectivity index (χ1) is 9.72. The molecule has 2 heterocycles. The Morgan fingerprint density at radius 2 is 2.45 bits per heavy atom. The quantitative estimate of drug-likeness (QED) is 0.640. The van der Waals surface area contributed by atoms with Gasteiger partial charge in [0.05, 0.1) is 18.2 Å². The fourth-order valence-corrected chi connectivity index (χ4v) is 1.52. The summed E-state index contributed by atoms with van der Waals surface area (Å²) >= 11 is 0. The van der Waals surface area contributed by atoms with Crippen molar-refractivity contribution in [3.8, 4) is 11.8 Å². The Balaban J connectivity index is 2.17. The molecule has 0 aromatic carbocycles. The monoisotopic (exact) mass is 271 g/mol. The molecule has 4 N–H and O–H groups in total. The van der Waals surface area contributed by atoms with Crippen LogP contribution in [0.15, 0.2) is 18.3 Å². The summed E-state index contributed by atoms with van der Waals surface area (Å²) in [7, 11) is 0. The van der Waals surface area contributed by atoms with E-state index in [9.17, 15) is 4.79 Å². The summed E-state index contributed by atoms with van der Waals surface area (Å²) in [4.78, 5) is 16.2. The predicted molar refractivity (Wildman–Crippen MR) is 70.2 cm³/mol. The van der Waals surface area contributed by atoms with Crippen LogP contribution in [0.3, 0.4) is 0 Å². The van der Waals surface area contributed by atoms with Crippen LogP contribution in [0.5, 0.6) is 0 Å². The zero-order chi connectivity index (χ0) is 14.4. The van der Waals surface area contributed by atoms with Crippen molar-refractivity contribution in [2.24, 2.45) is 5.73 Å². The minimum atomic E-state index is -0.390. The molecular weight excluding hydrogens is 258 g/mol. The number of nitrogens with two attached hydrogens (primary N) is 1. The van der Waals surface area contributed by atoms with E-state index in [0.29, 0.717) is 11.4 Å². The van der Waals surface area contributed by atoms with E-state index < -0.39 is 6.04 Å². The van der Waals surface area contributed by atoms with Gasteiger partial charge in [-0.15, -0.1) is 10.2 Å². The molecule has 1 amide bonds. The number of nitrogens with one attached hydrogen (secondary N) is 2. The van der Waals surface area contributed by atoms with E-state index in [0.717, 1.165) is 0 Å². The second-order valence-corrected chi connectivity index (χ2v) is 3.87. The van der Waals surface area contributed by atoms with E-state index in [4.69, 9.17) is 5.73 Å². The van der Waals surface area contributed by atoms with Gasteiger partial charge >= 0.3 is 0 Å². The highest BCUT2D eigenvalue weighted by Crippen LogP contribution is 2.08. The van der Waals surface area contributed by atoms with Crippen molar-refractivity contribution in [1.82, 2.24) is 30.9 Å². The van der Waals surface area contributed by atoms with Crippen LogP contribution in [0.4, 0.5) is 0 Å². The molecule has 1 unspecified atom stereocenters. The van der Waals surface area contributed by atoms with Crippen molar-refractivity contribution in [1.29, 1.82) is 0 Å². The highest BCUT2D eigenvalue weighted by molar-refractivity contribution is 5.94. The first-order valence-electron chi connectivity index (χ1n) is 5.90. The lowest BCUT2D eigenvalue weighted by molar-refractivity contribution is 0.0933. The van der Waals surface area contributed by atoms with Gasteiger partial charge in [-0.2, -0.15) is 5.21 Å². The number of hydrogen-bond donors (Lipinski definition) is 3. The van der Waals surface area contributed by atoms with E-state index in [1.807, 2.05) is 0 Å². The molecule has 102 valence electrons. The topological polar surface area (TPSA) is 122 Å². The highest BCUT2D eigenvalue weighted by atomic mass is 16.2. The maximum atomic E-state index is 12.2. The summed E-state index contributed by atoms with van der Waals surface area (Å²) < 4.78 is 0. The van der Waals surface area contributed by atoms with Crippen molar-refractivity contribution in [2.75, 3.05) is 6.54 Å². The number of amides is 1. The Kier molecular flexibility index (Phi) is 4.36. The Morgan fingerprint density at radius 1 is 1.60 bits per heavy atom. The van der Waals surface area contributed by atoms with Crippen molar-refractivity contribution in [2.45, 2.75) is 13.0 Å². The maximum absolute atomic E-state index is 12.2. The minimum Gasteiger partial charge on any atom is -0.341 e. The van der Waals surface area contributed by atoms with Gasteiger partial charge in [-0.25, -0.2) is 4.98 Å². The van der Waals surface area contributed by atoms with Crippen LogP contribution in [0.1, 0.15) is 34.8 Å². The minimum absolute atomic E-state index is 0.217. The number of hydrogen-bond acceptors (Lipinski definition) is 6. The zero-order valence-corrected chi connectivity index (χ0v) is 10.8. The van der Waals surface area contributed by atoms with Gasteiger partial charge in [-0.3, -0.25) is 4.79 Å². The molecule has 0 saturated heterocycles. The fraction of sp³-hybridized carbons (Fsp3) is 0.250. The largest absolute Gasteiger partial charge is 0.341 e. The first-order valence-corrected chi connectivity index (χ1v) is 5.90. The van der Waals surface area contributed by atoms with E-state index in [2.05, 4.69) is 42.8 Å². The van der Waals surface area contributed by atoms with Crippen LogP contribution >= 0.6 is 0 Å². The molecule has 0 radical (unpaired) electrons. The third kappa shape index (κ3) is 3.15. The molecule has 0 aliphatic carbocycles. The van der Waals surface area contributed by atoms with Gasteiger partial charge in [-0.05, 0) is 19.1 Å². The fourth-order valence-electron chi connectivity index (χ4n) is 1.52. The number of H-pyrrole nitrogens is 1. The summed E-state index contributed by atoms with van der Waals surface area (Å²) in [6.07, 6.45) is 1.53. The van der Waals surface area contributed by atoms with E-state index in [1.165, 1.54) is 6.20 Å². The number of carbonyl (C=O) groups is 1. The van der Waals surface area contributed by atoms with Crippen LogP contribution in [-0.2, 0) is 0 Å². The number of pyridine rings is 1. The van der Waals surface area contributed by atoms with Crippen LogP contribution in [0.25, 0.3) is 0 Å². The van der Waals surface area contributed by atoms with Crippen LogP contribution in [-0.4, -0.2) is 38.1 Å². The summed E-state index contributed by atoms with van der Waals surface area (Å²) in [5.74, 6) is 5.55. The molecule has 2 aromatic rings. The van der Waals surface area contributed by atoms with Gasteiger partial charge in [0.1, 0.15) is 5.69 Å². The summed E-state index contributed by atoms with van der Waals surface area (Å²) in [5, 5.41) is 16.1. The van der Waals surface area contributed by atoms with Crippen LogP contribution < -0.4 is 11.1 Å². The number of carbonyl (C=O) groups excluding carboxylic acids is 1. The normalized spacial score (nSPS) is 11.3. The average molecular weight is 271 g/mol. The van der Waals surface area contributed by atoms with Gasteiger partial charge < -0.3 is 11.1 Å². The lowest BCUT2D eigenvalue weighted by Gasteiger charge is -2.10. The summed E-state index contributed by atoms with van der Waals surface area (Å²) in [5.41, 5.74) is 6.09. The standard InChI is InChI=1S/C12H13N7O/c1-8(11-16-18-19-17-11)15-12(20)10-9(4-2-6-13)5-3-7-14-10/h3,5,7-8H,6,13H2,1H3,(H,15,20)(H,16,17,18,19). The smallest absolute Gasteiger partial charge is 0.271 e. The third-order valence-electron chi connectivity index (χ3n) is 2.44. The molecule has 2 rings (SSSR count). The van der Waals surface area contributed by atoms with E-state index in [-0.39, 0.29) is 18.1 Å². The van der Waals surface area contributed by atoms with Crippen LogP contribution in [0, 0.1) is 11.8 Å². The van der Waals surface area contributed by atoms with Crippen molar-refractivity contribution in [3.63, 3.8) is 0 Å². The molecule has 0 spiro atoms. The van der Waals surface area contributed by atoms with Gasteiger partial charge in [0.15, 0.2) is 5.82 Å². The van der Waals surface area contributed by atoms with Crippen molar-refractivity contribution in [3.05, 3.63) is 35.4 Å². The lowest BCUT2D eigenvalue weighted by Crippen LogP contribution is -2.28. The Labute approximate surface area is 115 Å². The first kappa shape index (κ1) is 13.6. The molecule has 8 nitrogen and oxygen atoms in total. The van der Waals surface area contributed by atoms with Crippen molar-refractivity contribution < 1.29 is 4.79 Å². The Hall–Kier alpha value is -2.79. The molecule has 0 aliphatic rings. The number of aromatic amines is 1. The van der Waals surface area contributed by atoms with Crippen LogP contribution in [0.2, 0.25) is 0 Å². The highest BCUT2D eigenvalue weighted by Gasteiger charge is 2.17. The van der Waals surface area contributed by atoms with E-state index >= 15 is 0 Å². The second kappa shape index (κ2) is 6.40. The number of aromatic nitrogens is 5. The van der Waals surface area contributed by atoms with Gasteiger partial charge in [0.25, 0.3) is 5.91 Å². The number of nitrogens with zero attached hydrogens (tertiary/aromatic N) is 4. The van der Waals surface area contributed by atoms with E-state index in [1.54, 1.807) is 19.1 Å². The molecule has 0 bridgehead atoms. The SMILES string of the molecule is CC(NC(=O)c1ncccc1C#CCN)c1nn[nH]n1. The maximum Gasteiger partial charge on any atom is 0.271 e. The summed E-state index contributed by atoms with van der Waals surface area (Å²) in [6.45, 7) is 1.96. The molecular formula is C12H13N7O. The molecule has 0 aliphatic heterocycles. The van der Waals surface area contributed by atoms with Crippen molar-refractivity contribution >= 4 is 5.91 Å². The van der Waals surface area contributed by atoms with Gasteiger partial charge in [-0.1, -0.05) is 17.1 Å². The predicted octanol–water partition coefficient (Wildman–Crippen LogP) is -0.604. The van der Waals surface area contributed by atoms with Gasteiger partial charge in [0.2, 0.25) is 0 Å². The number of tetrazole rings is 1. The Morgan fingerprint density at radius 3 is 3.15 bits per heavy atom. The summed E-state index contributed by atoms with van der Waals surface area (Å²) in [6, 6.07) is 3.03. The molecule has 20 heavy (non-hydrogen) atoms. The zero-order valence-electron chi connectivity index (χ0n) is 10.8. The van der Waals surface area contributed by atoms with Gasteiger partial charge in [0, 0.05) is 6.20 Å². The second-order valence-electron chi connectivity index (χ2n) is 3.87. The third-order valence-corrected chi connectivity index (χ3v) is 2.44. The number of rotatable bonds is 3. The molecule has 8 heteroatoms. The molecule has 0 fully saturated rings. The lowest BCUT2D eigenvalue weighted by atomic mass is 10.1. The Bertz CT molecular complexity index is 641.